The molecule has 0 bridgehead atoms. The molecule has 0 radical (unpaired) electrons. The van der Waals surface area contributed by atoms with Gasteiger partial charge in [-0.15, -0.1) is 10.2 Å². The van der Waals surface area contributed by atoms with E-state index in [9.17, 15) is 0 Å². The molecule has 0 spiro atoms. The van der Waals surface area contributed by atoms with Gasteiger partial charge >= 0.3 is 0 Å². The smallest absolute Gasteiger partial charge is 0.179 e. The minimum absolute atomic E-state index is 0.769. The molecular formula is C7H4IN5. The molecule has 0 atom stereocenters. The van der Waals surface area contributed by atoms with Gasteiger partial charge in [0.1, 0.15) is 11.8 Å². The van der Waals surface area contributed by atoms with Crippen LogP contribution in [-0.4, -0.2) is 24.6 Å². The average Bonchev–Trinajstić information content (AvgIpc) is 2.70. The summed E-state index contributed by atoms with van der Waals surface area (Å²) in [5.41, 5.74) is 2.66. The number of aromatic nitrogens is 5. The maximum absolute atomic E-state index is 4.22. The lowest BCUT2D eigenvalue weighted by Crippen LogP contribution is -1.88. The number of hydrogen-bond donors (Lipinski definition) is 1. The summed E-state index contributed by atoms with van der Waals surface area (Å²) in [4.78, 5) is 7.29. The molecule has 3 aromatic rings. The average molecular weight is 285 g/mol. The van der Waals surface area contributed by atoms with Crippen LogP contribution < -0.4 is 0 Å². The Hall–Kier alpha value is -1.18. The molecule has 3 rings (SSSR count). The minimum atomic E-state index is 0.769. The van der Waals surface area contributed by atoms with Gasteiger partial charge in [-0.1, -0.05) is 0 Å². The van der Waals surface area contributed by atoms with E-state index in [4.69, 9.17) is 0 Å². The molecule has 0 amide bonds. The van der Waals surface area contributed by atoms with Gasteiger partial charge in [-0.25, -0.2) is 4.98 Å². The molecule has 3 aromatic heterocycles. The Bertz CT molecular complexity index is 581. The summed E-state index contributed by atoms with van der Waals surface area (Å²) >= 11 is 2.25. The van der Waals surface area contributed by atoms with Crippen LogP contribution in [0, 0.1) is 3.57 Å². The molecule has 0 aromatic carbocycles. The summed E-state index contributed by atoms with van der Waals surface area (Å²) in [6.07, 6.45) is 5.30. The van der Waals surface area contributed by atoms with E-state index >= 15 is 0 Å². The summed E-state index contributed by atoms with van der Waals surface area (Å²) in [6, 6.07) is 0. The molecule has 0 fully saturated rings. The van der Waals surface area contributed by atoms with Crippen LogP contribution in [0.15, 0.2) is 18.7 Å². The normalized spacial score (nSPS) is 11.5. The number of fused-ring (bicyclic) bond motifs is 3. The van der Waals surface area contributed by atoms with E-state index in [0.717, 1.165) is 20.4 Å². The van der Waals surface area contributed by atoms with Crippen molar-refractivity contribution in [3.63, 3.8) is 0 Å². The zero-order valence-corrected chi connectivity index (χ0v) is 8.56. The quantitative estimate of drug-likeness (QED) is 0.632. The summed E-state index contributed by atoms with van der Waals surface area (Å²) in [6.45, 7) is 0. The molecule has 13 heavy (non-hydrogen) atoms. The Labute approximate surface area is 86.3 Å². The first-order valence-electron chi connectivity index (χ1n) is 3.67. The molecular weight excluding hydrogens is 281 g/mol. The third-order valence-electron chi connectivity index (χ3n) is 1.91. The predicted octanol–water partition coefficient (Wildman–Crippen LogP) is 1.21. The van der Waals surface area contributed by atoms with E-state index in [1.807, 2.05) is 10.6 Å². The van der Waals surface area contributed by atoms with Crippen LogP contribution in [0.4, 0.5) is 0 Å². The van der Waals surface area contributed by atoms with Gasteiger partial charge in [0.2, 0.25) is 0 Å². The van der Waals surface area contributed by atoms with Crippen molar-refractivity contribution in [3.8, 4) is 0 Å². The third kappa shape index (κ3) is 0.886. The number of nitrogens with one attached hydrogen (secondary N) is 1. The van der Waals surface area contributed by atoms with E-state index in [1.54, 1.807) is 12.5 Å². The van der Waals surface area contributed by atoms with E-state index in [1.165, 1.54) is 0 Å². The Morgan fingerprint density at radius 1 is 1.46 bits per heavy atom. The zero-order chi connectivity index (χ0) is 8.84. The monoisotopic (exact) mass is 285 g/mol. The second-order valence-electron chi connectivity index (χ2n) is 2.65. The number of aromatic amines is 1. The SMILES string of the molecule is Ic1c[nH]c2ncc3nncn3c12. The summed E-state index contributed by atoms with van der Waals surface area (Å²) < 4.78 is 3.03. The predicted molar refractivity (Wildman–Crippen MR) is 55.4 cm³/mol. The van der Waals surface area contributed by atoms with Gasteiger partial charge in [0.15, 0.2) is 11.3 Å². The van der Waals surface area contributed by atoms with Crippen molar-refractivity contribution in [3.05, 3.63) is 22.3 Å². The van der Waals surface area contributed by atoms with Crippen LogP contribution >= 0.6 is 22.6 Å². The van der Waals surface area contributed by atoms with Crippen LogP contribution in [0.1, 0.15) is 0 Å². The van der Waals surface area contributed by atoms with Gasteiger partial charge in [-0.05, 0) is 22.6 Å². The maximum Gasteiger partial charge on any atom is 0.179 e. The standard InChI is InChI=1S/C7H4IN5/c8-4-1-9-7-6(4)13-3-11-12-5(13)2-10-7/h1-3,9H. The third-order valence-corrected chi connectivity index (χ3v) is 2.73. The van der Waals surface area contributed by atoms with Gasteiger partial charge in [0.25, 0.3) is 0 Å². The Morgan fingerprint density at radius 2 is 2.38 bits per heavy atom. The van der Waals surface area contributed by atoms with Gasteiger partial charge in [-0.3, -0.25) is 4.40 Å². The number of rotatable bonds is 0. The summed E-state index contributed by atoms with van der Waals surface area (Å²) in [7, 11) is 0. The van der Waals surface area contributed by atoms with E-state index in [0.29, 0.717) is 0 Å². The summed E-state index contributed by atoms with van der Waals surface area (Å²) in [5, 5.41) is 7.75. The summed E-state index contributed by atoms with van der Waals surface area (Å²) in [5.74, 6) is 0. The molecule has 0 aliphatic carbocycles. The van der Waals surface area contributed by atoms with Crippen LogP contribution in [0.3, 0.4) is 0 Å². The minimum Gasteiger partial charge on any atom is -0.344 e. The highest BCUT2D eigenvalue weighted by Gasteiger charge is 2.06. The van der Waals surface area contributed by atoms with Crippen molar-refractivity contribution in [2.24, 2.45) is 0 Å². The fourth-order valence-electron chi connectivity index (χ4n) is 1.34. The van der Waals surface area contributed by atoms with Gasteiger partial charge in [0, 0.05) is 6.20 Å². The lowest BCUT2D eigenvalue weighted by atomic mass is 10.5. The lowest BCUT2D eigenvalue weighted by molar-refractivity contribution is 1.11. The Morgan fingerprint density at radius 3 is 3.31 bits per heavy atom. The van der Waals surface area contributed by atoms with Crippen LogP contribution in [0.5, 0.6) is 0 Å². The molecule has 5 nitrogen and oxygen atoms in total. The van der Waals surface area contributed by atoms with Crippen LogP contribution in [0.25, 0.3) is 16.8 Å². The molecule has 3 heterocycles. The molecule has 0 aliphatic heterocycles. The van der Waals surface area contributed by atoms with Crippen molar-refractivity contribution in [2.45, 2.75) is 0 Å². The number of H-pyrrole nitrogens is 1. The second kappa shape index (κ2) is 2.41. The van der Waals surface area contributed by atoms with Gasteiger partial charge in [0.05, 0.1) is 9.77 Å². The Balaban J connectivity index is 2.70. The first kappa shape index (κ1) is 7.25. The van der Waals surface area contributed by atoms with E-state index in [2.05, 4.69) is 42.8 Å². The topological polar surface area (TPSA) is 58.9 Å². The number of hydrogen-bond acceptors (Lipinski definition) is 3. The number of nitrogens with zero attached hydrogens (tertiary/aromatic N) is 4. The van der Waals surface area contributed by atoms with E-state index < -0.39 is 0 Å². The van der Waals surface area contributed by atoms with Gasteiger partial charge < -0.3 is 4.98 Å². The fraction of sp³-hybridized carbons (Fsp3) is 0. The number of halogens is 1. The first-order chi connectivity index (χ1) is 6.36. The molecule has 6 heteroatoms. The van der Waals surface area contributed by atoms with Crippen LogP contribution in [0.2, 0.25) is 0 Å². The Kier molecular flexibility index (Phi) is 1.34. The van der Waals surface area contributed by atoms with E-state index in [-0.39, 0.29) is 0 Å². The maximum atomic E-state index is 4.22. The van der Waals surface area contributed by atoms with Crippen molar-refractivity contribution in [1.29, 1.82) is 0 Å². The molecule has 0 saturated carbocycles. The van der Waals surface area contributed by atoms with Crippen molar-refractivity contribution in [1.82, 2.24) is 24.6 Å². The molecule has 1 N–H and O–H groups in total. The highest BCUT2D eigenvalue weighted by molar-refractivity contribution is 14.1. The largest absolute Gasteiger partial charge is 0.344 e. The van der Waals surface area contributed by atoms with Gasteiger partial charge in [-0.2, -0.15) is 0 Å². The lowest BCUT2D eigenvalue weighted by Gasteiger charge is -1.93. The highest BCUT2D eigenvalue weighted by atomic mass is 127. The van der Waals surface area contributed by atoms with Crippen molar-refractivity contribution in [2.75, 3.05) is 0 Å². The molecule has 0 aliphatic rings. The zero-order valence-electron chi connectivity index (χ0n) is 6.40. The first-order valence-corrected chi connectivity index (χ1v) is 4.75. The van der Waals surface area contributed by atoms with Crippen molar-refractivity contribution >= 4 is 39.4 Å². The molecule has 0 unspecified atom stereocenters. The molecule has 64 valence electrons. The highest BCUT2D eigenvalue weighted by Crippen LogP contribution is 2.18. The fourth-order valence-corrected chi connectivity index (χ4v) is 2.01. The van der Waals surface area contributed by atoms with Crippen LogP contribution in [-0.2, 0) is 0 Å². The second-order valence-corrected chi connectivity index (χ2v) is 3.81. The van der Waals surface area contributed by atoms with Crippen molar-refractivity contribution < 1.29 is 0 Å². The molecule has 0 saturated heterocycles.